The van der Waals surface area contributed by atoms with E-state index in [0.29, 0.717) is 11.3 Å². The molecule has 0 heterocycles. The Kier molecular flexibility index (Phi) is 4.27. The summed E-state index contributed by atoms with van der Waals surface area (Å²) in [7, 11) is 1.35. The normalized spacial score (nSPS) is 10.1. The molecule has 16 heavy (non-hydrogen) atoms. The zero-order valence-corrected chi connectivity index (χ0v) is 9.28. The van der Waals surface area contributed by atoms with Crippen LogP contribution in [0.1, 0.15) is 17.3 Å². The summed E-state index contributed by atoms with van der Waals surface area (Å²) < 4.78 is 4.59. The van der Waals surface area contributed by atoms with E-state index in [1.54, 1.807) is 43.5 Å². The zero-order chi connectivity index (χ0) is 12.0. The molecule has 0 spiro atoms. The van der Waals surface area contributed by atoms with Crippen molar-refractivity contribution in [2.75, 3.05) is 12.4 Å². The van der Waals surface area contributed by atoms with Crippen LogP contribution in [-0.4, -0.2) is 18.8 Å². The Balaban J connectivity index is 2.65. The summed E-state index contributed by atoms with van der Waals surface area (Å²) in [6.07, 6.45) is 3.32. The average Bonchev–Trinajstić information content (AvgIpc) is 2.28. The molecule has 84 valence electrons. The molecule has 0 amide bonds. The fraction of sp³-hybridized carbons (Fsp3) is 0.167. The molecular weight excluding hydrogens is 204 g/mol. The topological polar surface area (TPSA) is 62.2 Å². The van der Waals surface area contributed by atoms with E-state index in [2.05, 4.69) is 10.1 Å². The maximum Gasteiger partial charge on any atom is 0.337 e. The number of carbonyl (C=O) groups excluding carboxylic acids is 1. The van der Waals surface area contributed by atoms with Crippen LogP contribution in [-0.2, 0) is 4.74 Å². The third kappa shape index (κ3) is 3.57. The van der Waals surface area contributed by atoms with Gasteiger partial charge in [-0.15, -0.1) is 0 Å². The monoisotopic (exact) mass is 218 g/mol. The highest BCUT2D eigenvalue weighted by molar-refractivity contribution is 5.90. The first-order chi connectivity index (χ1) is 7.63. The highest BCUT2D eigenvalue weighted by Gasteiger charge is 2.03. The van der Waals surface area contributed by atoms with Gasteiger partial charge in [0.05, 0.1) is 12.7 Å². The van der Waals surface area contributed by atoms with Gasteiger partial charge in [-0.1, -0.05) is 0 Å². The van der Waals surface area contributed by atoms with Crippen LogP contribution >= 0.6 is 0 Å². The minimum atomic E-state index is -0.350. The molecule has 2 N–H and O–H groups in total. The van der Waals surface area contributed by atoms with Crippen LogP contribution in [0, 0.1) is 5.41 Å². The summed E-state index contributed by atoms with van der Waals surface area (Å²) in [4.78, 5) is 11.1. The molecule has 0 fully saturated rings. The van der Waals surface area contributed by atoms with Crippen LogP contribution < -0.4 is 5.32 Å². The second-order valence-corrected chi connectivity index (χ2v) is 3.23. The van der Waals surface area contributed by atoms with Crippen molar-refractivity contribution in [1.29, 1.82) is 5.41 Å². The van der Waals surface area contributed by atoms with Crippen molar-refractivity contribution in [3.8, 4) is 0 Å². The van der Waals surface area contributed by atoms with E-state index in [4.69, 9.17) is 5.41 Å². The van der Waals surface area contributed by atoms with Gasteiger partial charge in [-0.3, -0.25) is 0 Å². The molecule has 0 bridgehead atoms. The van der Waals surface area contributed by atoms with Crippen molar-refractivity contribution in [1.82, 2.24) is 0 Å². The third-order valence-electron chi connectivity index (χ3n) is 1.89. The molecule has 1 aromatic rings. The summed E-state index contributed by atoms with van der Waals surface area (Å²) in [6, 6.07) is 6.91. The molecule has 1 aromatic carbocycles. The van der Waals surface area contributed by atoms with Gasteiger partial charge >= 0.3 is 5.97 Å². The van der Waals surface area contributed by atoms with Gasteiger partial charge in [0.15, 0.2) is 0 Å². The lowest BCUT2D eigenvalue weighted by atomic mass is 10.2. The highest BCUT2D eigenvalue weighted by Crippen LogP contribution is 2.10. The molecule has 0 unspecified atom stereocenters. The molecule has 0 aliphatic heterocycles. The summed E-state index contributed by atoms with van der Waals surface area (Å²) >= 11 is 0. The quantitative estimate of drug-likeness (QED) is 0.602. The van der Waals surface area contributed by atoms with Crippen LogP contribution in [0.25, 0.3) is 0 Å². The first kappa shape index (κ1) is 12.0. The lowest BCUT2D eigenvalue weighted by molar-refractivity contribution is 0.0601. The maximum absolute atomic E-state index is 11.1. The van der Waals surface area contributed by atoms with Crippen molar-refractivity contribution < 1.29 is 9.53 Å². The largest absolute Gasteiger partial charge is 0.465 e. The van der Waals surface area contributed by atoms with Crippen LogP contribution in [0.5, 0.6) is 0 Å². The molecule has 0 aromatic heterocycles. The number of ether oxygens (including phenoxy) is 1. The minimum absolute atomic E-state index is 0.350. The lowest BCUT2D eigenvalue weighted by Gasteiger charge is -2.02. The van der Waals surface area contributed by atoms with Crippen molar-refractivity contribution in [3.63, 3.8) is 0 Å². The van der Waals surface area contributed by atoms with Gasteiger partial charge in [0.25, 0.3) is 0 Å². The van der Waals surface area contributed by atoms with E-state index in [9.17, 15) is 4.79 Å². The number of hydrogen-bond acceptors (Lipinski definition) is 4. The Bertz CT molecular complexity index is 408. The fourth-order valence-electron chi connectivity index (χ4n) is 1.08. The second-order valence-electron chi connectivity index (χ2n) is 3.23. The molecule has 0 aliphatic rings. The predicted molar refractivity (Wildman–Crippen MR) is 63.9 cm³/mol. The van der Waals surface area contributed by atoms with E-state index >= 15 is 0 Å². The van der Waals surface area contributed by atoms with Gasteiger partial charge in [-0.25, -0.2) is 4.79 Å². The SMILES string of the molecule is COC(=O)c1ccc(N/C=C\C(C)=N)cc1. The minimum Gasteiger partial charge on any atom is -0.465 e. The smallest absolute Gasteiger partial charge is 0.337 e. The zero-order valence-electron chi connectivity index (χ0n) is 9.28. The van der Waals surface area contributed by atoms with Gasteiger partial charge in [-0.05, 0) is 37.3 Å². The van der Waals surface area contributed by atoms with E-state index < -0.39 is 0 Å². The second kappa shape index (κ2) is 5.70. The number of anilines is 1. The number of rotatable bonds is 4. The van der Waals surface area contributed by atoms with Crippen molar-refractivity contribution >= 4 is 17.4 Å². The molecule has 4 nitrogen and oxygen atoms in total. The molecule has 1 rings (SSSR count). The Labute approximate surface area is 94.4 Å². The number of hydrogen-bond donors (Lipinski definition) is 2. The van der Waals surface area contributed by atoms with Gasteiger partial charge in [0.2, 0.25) is 0 Å². The van der Waals surface area contributed by atoms with Crippen LogP contribution in [0.3, 0.4) is 0 Å². The Morgan fingerprint density at radius 2 is 2.00 bits per heavy atom. The number of carbonyl (C=O) groups is 1. The number of methoxy groups -OCH3 is 1. The Morgan fingerprint density at radius 3 is 2.50 bits per heavy atom. The number of benzene rings is 1. The van der Waals surface area contributed by atoms with Gasteiger partial charge in [0.1, 0.15) is 0 Å². The van der Waals surface area contributed by atoms with Crippen molar-refractivity contribution in [2.24, 2.45) is 0 Å². The van der Waals surface area contributed by atoms with Gasteiger partial charge in [0, 0.05) is 17.6 Å². The van der Waals surface area contributed by atoms with E-state index in [-0.39, 0.29) is 5.97 Å². The van der Waals surface area contributed by atoms with E-state index in [0.717, 1.165) is 5.69 Å². The number of nitrogens with one attached hydrogen (secondary N) is 2. The summed E-state index contributed by atoms with van der Waals surface area (Å²) in [5.41, 5.74) is 1.84. The first-order valence-corrected chi connectivity index (χ1v) is 4.80. The van der Waals surface area contributed by atoms with E-state index in [1.165, 1.54) is 7.11 Å². The molecular formula is C12H14N2O2. The van der Waals surface area contributed by atoms with Gasteiger partial charge in [-0.2, -0.15) is 0 Å². The van der Waals surface area contributed by atoms with Gasteiger partial charge < -0.3 is 15.5 Å². The number of esters is 1. The van der Waals surface area contributed by atoms with Crippen molar-refractivity contribution in [3.05, 3.63) is 42.1 Å². The third-order valence-corrected chi connectivity index (χ3v) is 1.89. The lowest BCUT2D eigenvalue weighted by Crippen LogP contribution is -2.00. The van der Waals surface area contributed by atoms with Crippen LogP contribution in [0.4, 0.5) is 5.69 Å². The molecule has 0 radical (unpaired) electrons. The Hall–Kier alpha value is -2.10. The van der Waals surface area contributed by atoms with Crippen molar-refractivity contribution in [2.45, 2.75) is 6.92 Å². The molecule has 0 atom stereocenters. The standard InChI is InChI=1S/C12H14N2O2/c1-9(13)7-8-14-11-5-3-10(4-6-11)12(15)16-2/h3-8,13-14H,1-2H3/b8-7-,13-9?. The fourth-order valence-corrected chi connectivity index (χ4v) is 1.08. The molecule has 0 saturated carbocycles. The maximum atomic E-state index is 11.1. The molecule has 0 aliphatic carbocycles. The number of allylic oxidation sites excluding steroid dienone is 1. The van der Waals surface area contributed by atoms with E-state index in [1.807, 2.05) is 0 Å². The average molecular weight is 218 g/mol. The Morgan fingerprint density at radius 1 is 1.38 bits per heavy atom. The molecule has 0 saturated heterocycles. The highest BCUT2D eigenvalue weighted by atomic mass is 16.5. The van der Waals surface area contributed by atoms with Crippen LogP contribution in [0.15, 0.2) is 36.5 Å². The van der Waals surface area contributed by atoms with Crippen LogP contribution in [0.2, 0.25) is 0 Å². The summed E-state index contributed by atoms with van der Waals surface area (Å²) in [5.74, 6) is -0.350. The molecule has 4 heteroatoms. The predicted octanol–water partition coefficient (Wildman–Crippen LogP) is 2.44. The summed E-state index contributed by atoms with van der Waals surface area (Å²) in [5, 5.41) is 10.2. The first-order valence-electron chi connectivity index (χ1n) is 4.80. The summed E-state index contributed by atoms with van der Waals surface area (Å²) in [6.45, 7) is 1.69.